The van der Waals surface area contributed by atoms with Crippen molar-refractivity contribution in [2.24, 2.45) is 4.99 Å². The van der Waals surface area contributed by atoms with Crippen LogP contribution >= 0.6 is 0 Å². The smallest absolute Gasteiger partial charge is 0.324 e. The lowest BCUT2D eigenvalue weighted by Crippen LogP contribution is -2.47. The number of halogens is 1. The van der Waals surface area contributed by atoms with Crippen LogP contribution in [0.4, 0.5) is 15.0 Å². The van der Waals surface area contributed by atoms with Gasteiger partial charge in [0.05, 0.1) is 6.54 Å². The zero-order valence-corrected chi connectivity index (χ0v) is 14.5. The third-order valence-electron chi connectivity index (χ3n) is 4.36. The number of nitrogens with zero attached hydrogens (tertiary/aromatic N) is 4. The highest BCUT2D eigenvalue weighted by atomic mass is 19.1. The summed E-state index contributed by atoms with van der Waals surface area (Å²) in [7, 11) is 1.65. The van der Waals surface area contributed by atoms with E-state index in [0.29, 0.717) is 31.4 Å². The minimum Gasteiger partial charge on any atom is -0.355 e. The van der Waals surface area contributed by atoms with Gasteiger partial charge in [-0.3, -0.25) is 14.7 Å². The fourth-order valence-corrected chi connectivity index (χ4v) is 3.04. The van der Waals surface area contributed by atoms with Crippen molar-refractivity contribution in [3.05, 3.63) is 24.1 Å². The van der Waals surface area contributed by atoms with Crippen LogP contribution in [0.2, 0.25) is 0 Å². The second-order valence-corrected chi connectivity index (χ2v) is 6.09. The lowest BCUT2D eigenvalue weighted by Gasteiger charge is -2.20. The number of carbonyl (C=O) groups is 2. The van der Waals surface area contributed by atoms with Crippen LogP contribution in [0.1, 0.15) is 6.42 Å². The number of hydrogen-bond donors (Lipinski definition) is 3. The van der Waals surface area contributed by atoms with E-state index in [-0.39, 0.29) is 36.9 Å². The molecule has 3 heterocycles. The highest BCUT2D eigenvalue weighted by Crippen LogP contribution is 2.20. The number of amides is 3. The predicted octanol–water partition coefficient (Wildman–Crippen LogP) is -0.484. The van der Waals surface area contributed by atoms with E-state index in [4.69, 9.17) is 0 Å². The van der Waals surface area contributed by atoms with Gasteiger partial charge in [-0.05, 0) is 18.6 Å². The summed E-state index contributed by atoms with van der Waals surface area (Å²) in [6.07, 6.45) is 2.40. The van der Waals surface area contributed by atoms with Crippen molar-refractivity contribution in [1.29, 1.82) is 0 Å². The molecule has 1 atom stereocenters. The number of anilines is 1. The SMILES string of the molecule is CN=C(NCCN1C(=O)CNC1=O)NC1CCN(c2ncccc2F)C1. The molecule has 2 aliphatic heterocycles. The van der Waals surface area contributed by atoms with Crippen LogP contribution in [0.25, 0.3) is 0 Å². The molecular weight excluding hydrogens is 341 g/mol. The maximum absolute atomic E-state index is 13.8. The fourth-order valence-electron chi connectivity index (χ4n) is 3.04. The Balaban J connectivity index is 1.46. The Morgan fingerprint density at radius 3 is 3.04 bits per heavy atom. The van der Waals surface area contributed by atoms with Gasteiger partial charge in [-0.2, -0.15) is 0 Å². The lowest BCUT2D eigenvalue weighted by atomic mass is 10.3. The topological polar surface area (TPSA) is 102 Å². The van der Waals surface area contributed by atoms with Crippen molar-refractivity contribution < 1.29 is 14.0 Å². The molecule has 0 saturated carbocycles. The van der Waals surface area contributed by atoms with E-state index in [0.717, 1.165) is 6.42 Å². The Morgan fingerprint density at radius 1 is 1.50 bits per heavy atom. The molecule has 1 unspecified atom stereocenters. The summed E-state index contributed by atoms with van der Waals surface area (Å²) in [5.74, 6) is 0.372. The van der Waals surface area contributed by atoms with Crippen LogP contribution in [-0.4, -0.2) is 73.6 Å². The molecule has 140 valence electrons. The summed E-state index contributed by atoms with van der Waals surface area (Å²) >= 11 is 0. The highest BCUT2D eigenvalue weighted by molar-refractivity contribution is 6.01. The zero-order chi connectivity index (χ0) is 18.5. The van der Waals surface area contributed by atoms with E-state index in [9.17, 15) is 14.0 Å². The quantitative estimate of drug-likeness (QED) is 0.371. The van der Waals surface area contributed by atoms with E-state index < -0.39 is 0 Å². The van der Waals surface area contributed by atoms with E-state index in [1.807, 2.05) is 4.90 Å². The minimum atomic E-state index is -0.372. The number of urea groups is 1. The van der Waals surface area contributed by atoms with Gasteiger partial charge in [0, 0.05) is 45.5 Å². The van der Waals surface area contributed by atoms with E-state index >= 15 is 0 Å². The van der Waals surface area contributed by atoms with Crippen LogP contribution < -0.4 is 20.9 Å². The lowest BCUT2D eigenvalue weighted by molar-refractivity contribution is -0.124. The van der Waals surface area contributed by atoms with Gasteiger partial charge in [0.2, 0.25) is 5.91 Å². The zero-order valence-electron chi connectivity index (χ0n) is 14.5. The molecule has 0 radical (unpaired) electrons. The number of guanidine groups is 1. The molecule has 1 aromatic rings. The minimum absolute atomic E-state index is 0.0494. The van der Waals surface area contributed by atoms with E-state index in [1.54, 1.807) is 19.3 Å². The van der Waals surface area contributed by atoms with Crippen LogP contribution in [-0.2, 0) is 4.79 Å². The number of aliphatic imine (C=N–C) groups is 1. The van der Waals surface area contributed by atoms with Gasteiger partial charge in [0.25, 0.3) is 0 Å². The van der Waals surface area contributed by atoms with Gasteiger partial charge < -0.3 is 20.9 Å². The monoisotopic (exact) mass is 363 g/mol. The summed E-state index contributed by atoms with van der Waals surface area (Å²) < 4.78 is 13.8. The molecule has 0 spiro atoms. The Bertz CT molecular complexity index is 696. The molecule has 2 fully saturated rings. The third kappa shape index (κ3) is 4.01. The molecule has 2 saturated heterocycles. The largest absolute Gasteiger partial charge is 0.355 e. The van der Waals surface area contributed by atoms with Gasteiger partial charge in [0.15, 0.2) is 17.6 Å². The third-order valence-corrected chi connectivity index (χ3v) is 4.36. The van der Waals surface area contributed by atoms with Crippen LogP contribution in [0.3, 0.4) is 0 Å². The van der Waals surface area contributed by atoms with Gasteiger partial charge in [-0.25, -0.2) is 14.2 Å². The molecule has 26 heavy (non-hydrogen) atoms. The fraction of sp³-hybridized carbons (Fsp3) is 0.500. The van der Waals surface area contributed by atoms with Crippen LogP contribution in [0, 0.1) is 5.82 Å². The maximum Gasteiger partial charge on any atom is 0.324 e. The second kappa shape index (κ2) is 7.98. The van der Waals surface area contributed by atoms with E-state index in [2.05, 4.69) is 25.9 Å². The Labute approximate surface area is 150 Å². The number of pyridine rings is 1. The van der Waals surface area contributed by atoms with Crippen molar-refractivity contribution >= 4 is 23.7 Å². The average molecular weight is 363 g/mol. The molecule has 9 nitrogen and oxygen atoms in total. The molecule has 2 aliphatic rings. The molecule has 0 aromatic carbocycles. The first-order chi connectivity index (χ1) is 12.6. The van der Waals surface area contributed by atoms with Crippen LogP contribution in [0.15, 0.2) is 23.3 Å². The van der Waals surface area contributed by atoms with E-state index in [1.165, 1.54) is 11.0 Å². The Morgan fingerprint density at radius 2 is 2.35 bits per heavy atom. The Kier molecular flexibility index (Phi) is 5.49. The van der Waals surface area contributed by atoms with Crippen molar-refractivity contribution in [2.45, 2.75) is 12.5 Å². The maximum atomic E-state index is 13.8. The van der Waals surface area contributed by atoms with Gasteiger partial charge in [-0.1, -0.05) is 0 Å². The molecule has 1 aromatic heterocycles. The summed E-state index contributed by atoms with van der Waals surface area (Å²) in [4.78, 5) is 34.3. The standard InChI is InChI=1S/C16H22FN7O2/c1-18-15(20-6-8-24-13(25)9-21-16(24)26)22-11-4-7-23(10-11)14-12(17)3-2-5-19-14/h2-3,5,11H,4,6-10H2,1H3,(H,21,26)(H2,18,20,22). The molecule has 3 N–H and O–H groups in total. The number of hydrogen-bond acceptors (Lipinski definition) is 5. The molecule has 0 aliphatic carbocycles. The molecule has 3 rings (SSSR count). The number of nitrogens with one attached hydrogen (secondary N) is 3. The molecule has 10 heteroatoms. The van der Waals surface area contributed by atoms with Crippen molar-refractivity contribution in [1.82, 2.24) is 25.8 Å². The van der Waals surface area contributed by atoms with Crippen molar-refractivity contribution in [3.8, 4) is 0 Å². The molecule has 3 amide bonds. The molecular formula is C16H22FN7O2. The predicted molar refractivity (Wildman–Crippen MR) is 94.4 cm³/mol. The molecule has 0 bridgehead atoms. The van der Waals surface area contributed by atoms with Gasteiger partial charge in [-0.15, -0.1) is 0 Å². The average Bonchev–Trinajstić information content (AvgIpc) is 3.22. The van der Waals surface area contributed by atoms with Gasteiger partial charge in [0.1, 0.15) is 0 Å². The first-order valence-corrected chi connectivity index (χ1v) is 8.49. The number of rotatable bonds is 5. The first-order valence-electron chi connectivity index (χ1n) is 8.49. The summed E-state index contributed by atoms with van der Waals surface area (Å²) in [6.45, 7) is 2.02. The second-order valence-electron chi connectivity index (χ2n) is 6.09. The van der Waals surface area contributed by atoms with Crippen molar-refractivity contribution in [2.75, 3.05) is 44.7 Å². The van der Waals surface area contributed by atoms with Crippen molar-refractivity contribution in [3.63, 3.8) is 0 Å². The normalized spacial score (nSPS) is 20.5. The highest BCUT2D eigenvalue weighted by Gasteiger charge is 2.28. The first kappa shape index (κ1) is 17.9. The Hall–Kier alpha value is -2.91. The van der Waals surface area contributed by atoms with Gasteiger partial charge >= 0.3 is 6.03 Å². The summed E-state index contributed by atoms with van der Waals surface area (Å²) in [5, 5.41) is 8.84. The number of aromatic nitrogens is 1. The number of imide groups is 1. The summed E-state index contributed by atoms with van der Waals surface area (Å²) in [6, 6.07) is 2.70. The number of carbonyl (C=O) groups excluding carboxylic acids is 2. The van der Waals surface area contributed by atoms with Crippen LogP contribution in [0.5, 0.6) is 0 Å². The summed E-state index contributed by atoms with van der Waals surface area (Å²) in [5.41, 5.74) is 0.